The summed E-state index contributed by atoms with van der Waals surface area (Å²) in [5, 5.41) is 2.51. The van der Waals surface area contributed by atoms with Crippen molar-refractivity contribution in [3.05, 3.63) is 35.7 Å². The van der Waals surface area contributed by atoms with Crippen LogP contribution in [0.3, 0.4) is 0 Å². The lowest BCUT2D eigenvalue weighted by atomic mass is 10.2. The second-order valence-corrected chi connectivity index (χ2v) is 4.97. The molecule has 1 aliphatic rings. The largest absolute Gasteiger partial charge is 0.472 e. The third-order valence-corrected chi connectivity index (χ3v) is 3.72. The van der Waals surface area contributed by atoms with E-state index < -0.39 is 0 Å². The quantitative estimate of drug-likeness (QED) is 0.828. The molecule has 0 aromatic carbocycles. The highest BCUT2D eigenvalue weighted by Gasteiger charge is 2.29. The summed E-state index contributed by atoms with van der Waals surface area (Å²) in [6, 6.07) is 1.60. The summed E-state index contributed by atoms with van der Waals surface area (Å²) >= 11 is 1.42. The van der Waals surface area contributed by atoms with Gasteiger partial charge in [0.1, 0.15) is 12.8 Å². The van der Waals surface area contributed by atoms with Crippen LogP contribution in [0.15, 0.2) is 34.6 Å². The Kier molecular flexibility index (Phi) is 3.04. The zero-order chi connectivity index (χ0) is 13.2. The van der Waals surface area contributed by atoms with E-state index in [1.54, 1.807) is 17.2 Å². The molecule has 2 aromatic heterocycles. The first-order valence-corrected chi connectivity index (χ1v) is 6.65. The van der Waals surface area contributed by atoms with Gasteiger partial charge in [-0.2, -0.15) is 0 Å². The van der Waals surface area contributed by atoms with Gasteiger partial charge in [-0.1, -0.05) is 0 Å². The fourth-order valence-corrected chi connectivity index (χ4v) is 2.65. The average molecular weight is 277 g/mol. The molecule has 0 aliphatic carbocycles. The third kappa shape index (κ3) is 2.24. The molecule has 1 aliphatic heterocycles. The van der Waals surface area contributed by atoms with Gasteiger partial charge in [0.05, 0.1) is 11.8 Å². The maximum Gasteiger partial charge on any atom is 0.257 e. The molecule has 0 bridgehead atoms. The number of furan rings is 1. The molecule has 3 heterocycles. The molecule has 0 atom stereocenters. The zero-order valence-corrected chi connectivity index (χ0v) is 10.8. The van der Waals surface area contributed by atoms with Crippen molar-refractivity contribution in [2.24, 2.45) is 0 Å². The van der Waals surface area contributed by atoms with E-state index in [0.29, 0.717) is 23.8 Å². The Morgan fingerprint density at radius 1 is 1.42 bits per heavy atom. The molecule has 0 spiro atoms. The summed E-state index contributed by atoms with van der Waals surface area (Å²) in [5.74, 6) is -0.293. The molecule has 7 heteroatoms. The Bertz CT molecular complexity index is 579. The summed E-state index contributed by atoms with van der Waals surface area (Å²) in [5.41, 5.74) is 0.468. The first-order valence-electron chi connectivity index (χ1n) is 5.77. The molecule has 0 N–H and O–H groups in total. The van der Waals surface area contributed by atoms with Crippen LogP contribution in [0.25, 0.3) is 0 Å². The average Bonchev–Trinajstić information content (AvgIpc) is 3.11. The monoisotopic (exact) mass is 277 g/mol. The van der Waals surface area contributed by atoms with E-state index >= 15 is 0 Å². The molecule has 0 radical (unpaired) electrons. The Morgan fingerprint density at radius 2 is 2.32 bits per heavy atom. The molecule has 0 unspecified atom stereocenters. The summed E-state index contributed by atoms with van der Waals surface area (Å²) in [4.78, 5) is 31.4. The lowest BCUT2D eigenvalue weighted by Gasteiger charge is -2.32. The van der Waals surface area contributed by atoms with Gasteiger partial charge in [0.2, 0.25) is 5.91 Å². The molecule has 0 saturated carbocycles. The van der Waals surface area contributed by atoms with Gasteiger partial charge in [0.15, 0.2) is 5.13 Å². The van der Waals surface area contributed by atoms with Crippen molar-refractivity contribution in [3.63, 3.8) is 0 Å². The van der Waals surface area contributed by atoms with Gasteiger partial charge in [-0.15, -0.1) is 11.3 Å². The van der Waals surface area contributed by atoms with E-state index in [2.05, 4.69) is 4.98 Å². The number of anilines is 1. The van der Waals surface area contributed by atoms with Crippen molar-refractivity contribution < 1.29 is 14.0 Å². The van der Waals surface area contributed by atoms with Crippen LogP contribution in [0.2, 0.25) is 0 Å². The van der Waals surface area contributed by atoms with Gasteiger partial charge in [0.25, 0.3) is 5.91 Å². The van der Waals surface area contributed by atoms with Crippen LogP contribution in [-0.4, -0.2) is 41.3 Å². The van der Waals surface area contributed by atoms with Crippen molar-refractivity contribution >= 4 is 28.3 Å². The highest BCUT2D eigenvalue weighted by atomic mass is 32.1. The highest BCUT2D eigenvalue weighted by Crippen LogP contribution is 2.20. The van der Waals surface area contributed by atoms with Crippen molar-refractivity contribution in [2.75, 3.05) is 24.5 Å². The molecule has 1 saturated heterocycles. The number of piperazine rings is 1. The van der Waals surface area contributed by atoms with Crippen LogP contribution in [0.4, 0.5) is 5.13 Å². The second kappa shape index (κ2) is 4.85. The van der Waals surface area contributed by atoms with Gasteiger partial charge < -0.3 is 9.32 Å². The number of amides is 2. The van der Waals surface area contributed by atoms with E-state index in [9.17, 15) is 9.59 Å². The Hall–Kier alpha value is -2.15. The van der Waals surface area contributed by atoms with Crippen molar-refractivity contribution in [3.8, 4) is 0 Å². The number of nitrogens with zero attached hydrogens (tertiary/aromatic N) is 3. The van der Waals surface area contributed by atoms with E-state index in [4.69, 9.17) is 4.42 Å². The smallest absolute Gasteiger partial charge is 0.257 e. The van der Waals surface area contributed by atoms with Crippen LogP contribution in [0.5, 0.6) is 0 Å². The summed E-state index contributed by atoms with van der Waals surface area (Å²) in [6.07, 6.45) is 4.50. The minimum absolute atomic E-state index is 0.0730. The molecule has 3 rings (SSSR count). The fraction of sp³-hybridized carbons (Fsp3) is 0.250. The van der Waals surface area contributed by atoms with E-state index in [1.165, 1.54) is 28.8 Å². The van der Waals surface area contributed by atoms with Gasteiger partial charge in [0, 0.05) is 24.7 Å². The Balaban J connectivity index is 1.71. The second-order valence-electron chi connectivity index (χ2n) is 4.10. The number of carbonyl (C=O) groups is 2. The Morgan fingerprint density at radius 3 is 2.95 bits per heavy atom. The number of hydrogen-bond donors (Lipinski definition) is 0. The third-order valence-electron chi connectivity index (χ3n) is 2.93. The van der Waals surface area contributed by atoms with Crippen molar-refractivity contribution in [1.82, 2.24) is 9.88 Å². The van der Waals surface area contributed by atoms with E-state index in [-0.39, 0.29) is 18.4 Å². The lowest BCUT2D eigenvalue weighted by Crippen LogP contribution is -2.52. The SMILES string of the molecule is O=C(c1ccoc1)N1CCN(c2nccs2)C(=O)C1. The normalized spacial score (nSPS) is 15.9. The van der Waals surface area contributed by atoms with Gasteiger partial charge in [-0.3, -0.25) is 14.5 Å². The number of thiazole rings is 1. The predicted molar refractivity (Wildman–Crippen MR) is 69.1 cm³/mol. The first kappa shape index (κ1) is 11.9. The van der Waals surface area contributed by atoms with Crippen molar-refractivity contribution in [1.29, 1.82) is 0 Å². The predicted octanol–water partition coefficient (Wildman–Crippen LogP) is 1.23. The molecule has 2 amide bonds. The van der Waals surface area contributed by atoms with Crippen LogP contribution in [0, 0.1) is 0 Å². The minimum Gasteiger partial charge on any atom is -0.472 e. The van der Waals surface area contributed by atoms with Gasteiger partial charge in [-0.25, -0.2) is 4.98 Å². The number of aromatic nitrogens is 1. The van der Waals surface area contributed by atoms with Crippen LogP contribution >= 0.6 is 11.3 Å². The number of hydrogen-bond acceptors (Lipinski definition) is 5. The van der Waals surface area contributed by atoms with Crippen molar-refractivity contribution in [2.45, 2.75) is 0 Å². The summed E-state index contributed by atoms with van der Waals surface area (Å²) in [6.45, 7) is 1.04. The maximum atomic E-state index is 12.1. The van der Waals surface area contributed by atoms with Crippen LogP contribution < -0.4 is 4.90 Å². The minimum atomic E-state index is -0.180. The molecule has 1 fully saturated rings. The van der Waals surface area contributed by atoms with Gasteiger partial charge >= 0.3 is 0 Å². The molecule has 6 nitrogen and oxygen atoms in total. The molecule has 2 aromatic rings. The number of carbonyl (C=O) groups excluding carboxylic acids is 2. The fourth-order valence-electron chi connectivity index (χ4n) is 1.97. The molecular formula is C12H11N3O3S. The summed E-state index contributed by atoms with van der Waals surface area (Å²) < 4.78 is 4.88. The highest BCUT2D eigenvalue weighted by molar-refractivity contribution is 7.13. The molecule has 19 heavy (non-hydrogen) atoms. The maximum absolute atomic E-state index is 12.1. The van der Waals surface area contributed by atoms with E-state index in [0.717, 1.165) is 0 Å². The standard InChI is InChI=1S/C12H11N3O3S/c16-10-7-14(11(17)9-1-5-18-8-9)3-4-15(10)12-13-2-6-19-12/h1-2,5-6,8H,3-4,7H2. The lowest BCUT2D eigenvalue weighted by molar-refractivity contribution is -0.120. The Labute approximate surface area is 113 Å². The van der Waals surface area contributed by atoms with Crippen LogP contribution in [-0.2, 0) is 4.79 Å². The van der Waals surface area contributed by atoms with Crippen LogP contribution in [0.1, 0.15) is 10.4 Å². The molecule has 98 valence electrons. The molecular weight excluding hydrogens is 266 g/mol. The first-order chi connectivity index (χ1) is 9.25. The van der Waals surface area contributed by atoms with Gasteiger partial charge in [-0.05, 0) is 6.07 Å². The van der Waals surface area contributed by atoms with E-state index in [1.807, 2.05) is 5.38 Å². The number of rotatable bonds is 2. The zero-order valence-electron chi connectivity index (χ0n) is 9.98. The topological polar surface area (TPSA) is 66.7 Å². The summed E-state index contributed by atoms with van der Waals surface area (Å²) in [7, 11) is 0.